The van der Waals surface area contributed by atoms with E-state index in [1.807, 2.05) is 13.1 Å². The van der Waals surface area contributed by atoms with Crippen molar-refractivity contribution in [2.45, 2.75) is 26.3 Å². The zero-order chi connectivity index (χ0) is 14.7. The highest BCUT2D eigenvalue weighted by Gasteiger charge is 2.16. The summed E-state index contributed by atoms with van der Waals surface area (Å²) in [5, 5.41) is 4.26. The molecular formula is C14H16ClN3OS. The maximum atomic E-state index is 12.2. The molecule has 1 heterocycles. The van der Waals surface area contributed by atoms with Crippen molar-refractivity contribution in [3.05, 3.63) is 44.9 Å². The lowest BCUT2D eigenvalue weighted by molar-refractivity contribution is 0.0940. The van der Waals surface area contributed by atoms with Crippen molar-refractivity contribution in [3.8, 4) is 0 Å². The van der Waals surface area contributed by atoms with Gasteiger partial charge in [0.05, 0.1) is 11.6 Å². The van der Waals surface area contributed by atoms with Crippen molar-refractivity contribution < 1.29 is 4.79 Å². The summed E-state index contributed by atoms with van der Waals surface area (Å²) in [4.78, 5) is 17.7. The van der Waals surface area contributed by atoms with Gasteiger partial charge in [-0.05, 0) is 31.5 Å². The molecule has 20 heavy (non-hydrogen) atoms. The molecule has 0 radical (unpaired) electrons. The summed E-state index contributed by atoms with van der Waals surface area (Å²) in [7, 11) is 0. The molecule has 0 spiro atoms. The number of aryl methyl sites for hydroxylation is 1. The van der Waals surface area contributed by atoms with Gasteiger partial charge in [0.15, 0.2) is 0 Å². The van der Waals surface area contributed by atoms with Gasteiger partial charge in [0.2, 0.25) is 0 Å². The first-order valence-electron chi connectivity index (χ1n) is 6.31. The van der Waals surface area contributed by atoms with E-state index in [0.29, 0.717) is 16.3 Å². The van der Waals surface area contributed by atoms with Crippen LogP contribution in [0.25, 0.3) is 0 Å². The Balaban J connectivity index is 2.12. The van der Waals surface area contributed by atoms with Crippen molar-refractivity contribution in [3.63, 3.8) is 0 Å². The van der Waals surface area contributed by atoms with E-state index in [1.54, 1.807) is 29.5 Å². The fourth-order valence-corrected chi connectivity index (χ4v) is 2.78. The van der Waals surface area contributed by atoms with Crippen molar-refractivity contribution in [2.24, 2.45) is 0 Å². The third kappa shape index (κ3) is 3.29. The van der Waals surface area contributed by atoms with Crippen molar-refractivity contribution in [1.29, 1.82) is 0 Å². The summed E-state index contributed by atoms with van der Waals surface area (Å²) in [5.74, 6) is -0.245. The van der Waals surface area contributed by atoms with Gasteiger partial charge >= 0.3 is 0 Å². The molecule has 6 heteroatoms. The van der Waals surface area contributed by atoms with E-state index < -0.39 is 0 Å². The summed E-state index contributed by atoms with van der Waals surface area (Å²) in [6.07, 6.45) is 2.79. The summed E-state index contributed by atoms with van der Waals surface area (Å²) in [6, 6.07) is 4.69. The molecule has 106 valence electrons. The minimum absolute atomic E-state index is 0.161. The van der Waals surface area contributed by atoms with E-state index in [-0.39, 0.29) is 11.9 Å². The highest BCUT2D eigenvalue weighted by Crippen LogP contribution is 2.22. The average Bonchev–Trinajstić information content (AvgIpc) is 2.90. The van der Waals surface area contributed by atoms with E-state index in [9.17, 15) is 4.79 Å². The number of nitrogens with two attached hydrogens (primary N) is 1. The quantitative estimate of drug-likeness (QED) is 0.850. The van der Waals surface area contributed by atoms with Crippen LogP contribution in [-0.4, -0.2) is 10.9 Å². The second-order valence-electron chi connectivity index (χ2n) is 4.45. The molecule has 3 N–H and O–H groups in total. The number of carbonyl (C=O) groups excluding carboxylic acids is 1. The number of nitrogen functional groups attached to an aromatic ring is 1. The summed E-state index contributed by atoms with van der Waals surface area (Å²) >= 11 is 7.49. The van der Waals surface area contributed by atoms with Gasteiger partial charge in [-0.25, -0.2) is 4.98 Å². The molecule has 1 aromatic heterocycles. The fraction of sp³-hybridized carbons (Fsp3) is 0.286. The molecule has 0 fully saturated rings. The Bertz CT molecular complexity index is 627. The monoisotopic (exact) mass is 309 g/mol. The van der Waals surface area contributed by atoms with Crippen LogP contribution < -0.4 is 11.1 Å². The van der Waals surface area contributed by atoms with Gasteiger partial charge in [0.1, 0.15) is 5.01 Å². The molecule has 1 atom stereocenters. The second-order valence-corrected chi connectivity index (χ2v) is 6.03. The standard InChI is InChI=1S/C14H16ClN3OS/c1-3-10-7-17-14(20-10)8(2)18-13(19)11-6-9(15)4-5-12(11)16/h4-8H,3,16H2,1-2H3,(H,18,19). The van der Waals surface area contributed by atoms with Crippen LogP contribution in [0.15, 0.2) is 24.4 Å². The smallest absolute Gasteiger partial charge is 0.253 e. The van der Waals surface area contributed by atoms with Crippen LogP contribution in [0.2, 0.25) is 5.02 Å². The van der Waals surface area contributed by atoms with Gasteiger partial charge in [-0.15, -0.1) is 11.3 Å². The topological polar surface area (TPSA) is 68.0 Å². The Morgan fingerprint density at radius 3 is 2.95 bits per heavy atom. The zero-order valence-corrected chi connectivity index (χ0v) is 12.9. The van der Waals surface area contributed by atoms with E-state index in [1.165, 1.54) is 4.88 Å². The highest BCUT2D eigenvalue weighted by molar-refractivity contribution is 7.11. The number of carbonyl (C=O) groups is 1. The number of nitrogens with zero attached hydrogens (tertiary/aromatic N) is 1. The third-order valence-electron chi connectivity index (χ3n) is 2.90. The molecule has 2 rings (SSSR count). The first kappa shape index (κ1) is 14.8. The Morgan fingerprint density at radius 2 is 2.30 bits per heavy atom. The van der Waals surface area contributed by atoms with Gasteiger partial charge in [0, 0.05) is 21.8 Å². The molecule has 0 aliphatic heterocycles. The predicted molar refractivity (Wildman–Crippen MR) is 83.2 cm³/mol. The molecule has 1 amide bonds. The van der Waals surface area contributed by atoms with Crippen LogP contribution in [0.1, 0.15) is 40.1 Å². The van der Waals surface area contributed by atoms with Gasteiger partial charge < -0.3 is 11.1 Å². The zero-order valence-electron chi connectivity index (χ0n) is 11.3. The number of hydrogen-bond acceptors (Lipinski definition) is 4. The largest absolute Gasteiger partial charge is 0.398 e. The lowest BCUT2D eigenvalue weighted by atomic mass is 10.1. The highest BCUT2D eigenvalue weighted by atomic mass is 35.5. The normalized spacial score (nSPS) is 12.2. The Kier molecular flexibility index (Phi) is 4.62. The Morgan fingerprint density at radius 1 is 1.55 bits per heavy atom. The summed E-state index contributed by atoms with van der Waals surface area (Å²) < 4.78 is 0. The SMILES string of the molecule is CCc1cnc(C(C)NC(=O)c2cc(Cl)ccc2N)s1. The number of aromatic nitrogens is 1. The molecule has 0 aliphatic carbocycles. The number of thiazole rings is 1. The minimum Gasteiger partial charge on any atom is -0.398 e. The number of rotatable bonds is 4. The number of amides is 1. The van der Waals surface area contributed by atoms with Gasteiger partial charge in [-0.3, -0.25) is 4.79 Å². The third-order valence-corrected chi connectivity index (χ3v) is 4.46. The van der Waals surface area contributed by atoms with Crippen LogP contribution in [0.3, 0.4) is 0 Å². The maximum Gasteiger partial charge on any atom is 0.253 e. The van der Waals surface area contributed by atoms with E-state index in [2.05, 4.69) is 17.2 Å². The number of anilines is 1. The Hall–Kier alpha value is -1.59. The molecule has 0 saturated carbocycles. The predicted octanol–water partition coefficient (Wildman–Crippen LogP) is 3.43. The average molecular weight is 310 g/mol. The maximum absolute atomic E-state index is 12.2. The van der Waals surface area contributed by atoms with Crippen LogP contribution in [0, 0.1) is 0 Å². The number of hydrogen-bond donors (Lipinski definition) is 2. The molecule has 2 aromatic rings. The molecule has 1 unspecified atom stereocenters. The van der Waals surface area contributed by atoms with Crippen LogP contribution in [0.4, 0.5) is 5.69 Å². The second kappa shape index (κ2) is 6.24. The van der Waals surface area contributed by atoms with Crippen LogP contribution in [0.5, 0.6) is 0 Å². The number of halogens is 1. The Labute approximate surface area is 127 Å². The van der Waals surface area contributed by atoms with Crippen molar-refractivity contribution >= 4 is 34.5 Å². The number of benzene rings is 1. The molecule has 0 bridgehead atoms. The van der Waals surface area contributed by atoms with Gasteiger partial charge in [0.25, 0.3) is 5.91 Å². The fourth-order valence-electron chi connectivity index (χ4n) is 1.75. The summed E-state index contributed by atoms with van der Waals surface area (Å²) in [5.41, 5.74) is 6.59. The van der Waals surface area contributed by atoms with E-state index in [0.717, 1.165) is 11.4 Å². The van der Waals surface area contributed by atoms with E-state index >= 15 is 0 Å². The van der Waals surface area contributed by atoms with Gasteiger partial charge in [-0.2, -0.15) is 0 Å². The number of nitrogens with one attached hydrogen (secondary N) is 1. The minimum atomic E-state index is -0.245. The molecule has 0 saturated heterocycles. The lowest BCUT2D eigenvalue weighted by Crippen LogP contribution is -2.27. The molecule has 1 aromatic carbocycles. The molecule has 4 nitrogen and oxygen atoms in total. The van der Waals surface area contributed by atoms with E-state index in [4.69, 9.17) is 17.3 Å². The van der Waals surface area contributed by atoms with Crippen LogP contribution in [-0.2, 0) is 6.42 Å². The summed E-state index contributed by atoms with van der Waals surface area (Å²) in [6.45, 7) is 3.98. The first-order valence-corrected chi connectivity index (χ1v) is 7.51. The van der Waals surface area contributed by atoms with Gasteiger partial charge in [-0.1, -0.05) is 18.5 Å². The molecular weight excluding hydrogens is 294 g/mol. The van der Waals surface area contributed by atoms with Crippen LogP contribution >= 0.6 is 22.9 Å². The van der Waals surface area contributed by atoms with Crippen molar-refractivity contribution in [2.75, 3.05) is 5.73 Å². The van der Waals surface area contributed by atoms with Crippen molar-refractivity contribution in [1.82, 2.24) is 10.3 Å². The lowest BCUT2D eigenvalue weighted by Gasteiger charge is -2.12. The first-order chi connectivity index (χ1) is 9.51. The molecule has 0 aliphatic rings.